The highest BCUT2D eigenvalue weighted by atomic mass is 32.2. The molecule has 1 saturated carbocycles. The molecule has 0 bridgehead atoms. The van der Waals surface area contributed by atoms with Gasteiger partial charge in [0.05, 0.1) is 16.8 Å². The maximum Gasteiger partial charge on any atom is 0.252 e. The topological polar surface area (TPSA) is 45.2 Å². The molecule has 1 heterocycles. The molecule has 1 aliphatic rings. The van der Waals surface area contributed by atoms with E-state index in [1.807, 2.05) is 29.8 Å². The number of thioether (sulfide) groups is 1. The maximum absolute atomic E-state index is 13.0. The van der Waals surface area contributed by atoms with Crippen LogP contribution in [0.3, 0.4) is 0 Å². The molecule has 1 amide bonds. The van der Waals surface area contributed by atoms with Gasteiger partial charge in [-0.3, -0.25) is 9.69 Å². The fraction of sp³-hybridized carbons (Fsp3) is 0.385. The van der Waals surface area contributed by atoms with E-state index in [0.29, 0.717) is 12.6 Å². The molecule has 32 heavy (non-hydrogen) atoms. The summed E-state index contributed by atoms with van der Waals surface area (Å²) >= 11 is 3.26. The van der Waals surface area contributed by atoms with E-state index in [2.05, 4.69) is 51.9 Å². The van der Waals surface area contributed by atoms with Crippen molar-refractivity contribution < 1.29 is 4.79 Å². The zero-order valence-electron chi connectivity index (χ0n) is 18.6. The summed E-state index contributed by atoms with van der Waals surface area (Å²) in [6.45, 7) is 1.47. The van der Waals surface area contributed by atoms with E-state index < -0.39 is 0 Å². The van der Waals surface area contributed by atoms with Gasteiger partial charge in [-0.25, -0.2) is 4.98 Å². The number of hydrogen-bond acceptors (Lipinski definition) is 5. The SMILES string of the molecule is CN(Cc1ccccc1CNC(=O)c1ccccc1SCc1cscn1)C1CCCCC1. The van der Waals surface area contributed by atoms with Gasteiger partial charge in [0.1, 0.15) is 0 Å². The number of nitrogens with one attached hydrogen (secondary N) is 1. The Morgan fingerprint density at radius 3 is 2.62 bits per heavy atom. The van der Waals surface area contributed by atoms with Gasteiger partial charge >= 0.3 is 0 Å². The molecule has 0 saturated heterocycles. The normalized spacial score (nSPS) is 14.6. The van der Waals surface area contributed by atoms with E-state index in [9.17, 15) is 4.79 Å². The highest BCUT2D eigenvalue weighted by Gasteiger charge is 2.19. The Hall–Kier alpha value is -2.15. The van der Waals surface area contributed by atoms with Crippen LogP contribution >= 0.6 is 23.1 Å². The van der Waals surface area contributed by atoms with Gasteiger partial charge in [-0.2, -0.15) is 0 Å². The standard InChI is InChI=1S/C26H31N3OS2/c1-29(23-11-3-2-4-12-23)16-21-10-6-5-9-20(21)15-27-26(30)24-13-7-8-14-25(24)32-18-22-17-31-19-28-22/h5-10,13-14,17,19,23H,2-4,11-12,15-16,18H2,1H3,(H,27,30). The van der Waals surface area contributed by atoms with Gasteiger partial charge in [0.2, 0.25) is 0 Å². The number of aromatic nitrogens is 1. The van der Waals surface area contributed by atoms with Gasteiger partial charge in [0, 0.05) is 35.2 Å². The van der Waals surface area contributed by atoms with Crippen LogP contribution in [0.15, 0.2) is 64.3 Å². The lowest BCUT2D eigenvalue weighted by atomic mass is 9.94. The molecule has 1 aromatic heterocycles. The van der Waals surface area contributed by atoms with Crippen LogP contribution in [0.2, 0.25) is 0 Å². The molecule has 4 rings (SSSR count). The third-order valence-electron chi connectivity index (χ3n) is 6.17. The Morgan fingerprint density at radius 2 is 1.84 bits per heavy atom. The van der Waals surface area contributed by atoms with Crippen LogP contribution in [0.25, 0.3) is 0 Å². The summed E-state index contributed by atoms with van der Waals surface area (Å²) in [4.78, 5) is 20.9. The lowest BCUT2D eigenvalue weighted by Gasteiger charge is -2.31. The molecule has 3 aromatic rings. The third-order valence-corrected chi connectivity index (χ3v) is 7.91. The van der Waals surface area contributed by atoms with E-state index in [0.717, 1.165) is 28.5 Å². The highest BCUT2D eigenvalue weighted by Crippen LogP contribution is 2.27. The van der Waals surface area contributed by atoms with E-state index in [1.165, 1.54) is 43.2 Å². The van der Waals surface area contributed by atoms with Gasteiger partial charge in [-0.05, 0) is 43.1 Å². The first-order valence-electron chi connectivity index (χ1n) is 11.3. The van der Waals surface area contributed by atoms with Crippen LogP contribution < -0.4 is 5.32 Å². The first-order chi connectivity index (χ1) is 15.7. The summed E-state index contributed by atoms with van der Waals surface area (Å²) in [5.41, 5.74) is 6.11. The van der Waals surface area contributed by atoms with E-state index in [-0.39, 0.29) is 5.91 Å². The number of amides is 1. The summed E-state index contributed by atoms with van der Waals surface area (Å²) in [6, 6.07) is 17.0. The zero-order chi connectivity index (χ0) is 22.2. The second kappa shape index (κ2) is 11.6. The van der Waals surface area contributed by atoms with Crippen LogP contribution in [0.5, 0.6) is 0 Å². The third kappa shape index (κ3) is 6.21. The number of nitrogens with zero attached hydrogens (tertiary/aromatic N) is 2. The molecule has 6 heteroatoms. The average Bonchev–Trinajstić information content (AvgIpc) is 3.36. The fourth-order valence-corrected chi connectivity index (χ4v) is 5.93. The molecule has 1 fully saturated rings. The van der Waals surface area contributed by atoms with Crippen molar-refractivity contribution in [3.8, 4) is 0 Å². The van der Waals surface area contributed by atoms with E-state index in [4.69, 9.17) is 0 Å². The molecular weight excluding hydrogens is 434 g/mol. The van der Waals surface area contributed by atoms with Crippen LogP contribution in [0.4, 0.5) is 0 Å². The minimum atomic E-state index is -0.0261. The van der Waals surface area contributed by atoms with Crippen molar-refractivity contribution in [2.75, 3.05) is 7.05 Å². The molecule has 0 radical (unpaired) electrons. The molecule has 0 unspecified atom stereocenters. The monoisotopic (exact) mass is 465 g/mol. The smallest absolute Gasteiger partial charge is 0.252 e. The van der Waals surface area contributed by atoms with Crippen molar-refractivity contribution in [2.24, 2.45) is 0 Å². The Balaban J connectivity index is 1.38. The van der Waals surface area contributed by atoms with Crippen molar-refractivity contribution >= 4 is 29.0 Å². The maximum atomic E-state index is 13.0. The minimum absolute atomic E-state index is 0.0261. The van der Waals surface area contributed by atoms with Crippen LogP contribution in [0, 0.1) is 0 Å². The zero-order valence-corrected chi connectivity index (χ0v) is 20.3. The van der Waals surface area contributed by atoms with Crippen molar-refractivity contribution in [1.82, 2.24) is 15.2 Å². The molecule has 0 spiro atoms. The number of rotatable bonds is 9. The predicted molar refractivity (Wildman–Crippen MR) is 134 cm³/mol. The quantitative estimate of drug-likeness (QED) is 0.386. The molecule has 168 valence electrons. The van der Waals surface area contributed by atoms with Gasteiger partial charge < -0.3 is 5.32 Å². The lowest BCUT2D eigenvalue weighted by Crippen LogP contribution is -2.33. The largest absolute Gasteiger partial charge is 0.348 e. The molecule has 4 nitrogen and oxygen atoms in total. The lowest BCUT2D eigenvalue weighted by molar-refractivity contribution is 0.0947. The van der Waals surface area contributed by atoms with E-state index >= 15 is 0 Å². The highest BCUT2D eigenvalue weighted by molar-refractivity contribution is 7.98. The van der Waals surface area contributed by atoms with E-state index in [1.54, 1.807) is 23.1 Å². The van der Waals surface area contributed by atoms with Crippen LogP contribution in [-0.2, 0) is 18.8 Å². The molecule has 2 aromatic carbocycles. The van der Waals surface area contributed by atoms with Gasteiger partial charge in [0.25, 0.3) is 5.91 Å². The summed E-state index contributed by atoms with van der Waals surface area (Å²) in [7, 11) is 2.24. The Kier molecular flexibility index (Phi) is 8.37. The Morgan fingerprint density at radius 1 is 1.09 bits per heavy atom. The van der Waals surface area contributed by atoms with Gasteiger partial charge in [0.15, 0.2) is 0 Å². The first kappa shape index (κ1) is 23.0. The van der Waals surface area contributed by atoms with Gasteiger partial charge in [-0.15, -0.1) is 23.1 Å². The number of hydrogen-bond donors (Lipinski definition) is 1. The minimum Gasteiger partial charge on any atom is -0.348 e. The first-order valence-corrected chi connectivity index (χ1v) is 13.3. The molecule has 1 N–H and O–H groups in total. The van der Waals surface area contributed by atoms with Crippen LogP contribution in [-0.4, -0.2) is 28.9 Å². The van der Waals surface area contributed by atoms with Crippen molar-refractivity contribution in [2.45, 2.75) is 61.9 Å². The number of thiazole rings is 1. The number of benzene rings is 2. The second-order valence-electron chi connectivity index (χ2n) is 8.42. The predicted octanol–water partition coefficient (Wildman–Crippen LogP) is 6.13. The molecule has 0 atom stereocenters. The average molecular weight is 466 g/mol. The number of carbonyl (C=O) groups excluding carboxylic acids is 1. The molecular formula is C26H31N3OS2. The Bertz CT molecular complexity index is 1000. The molecule has 0 aliphatic heterocycles. The number of carbonyl (C=O) groups is 1. The Labute approximate surface area is 199 Å². The fourth-order valence-electron chi connectivity index (χ4n) is 4.32. The van der Waals surface area contributed by atoms with Crippen molar-refractivity contribution in [1.29, 1.82) is 0 Å². The van der Waals surface area contributed by atoms with Crippen LogP contribution in [0.1, 0.15) is 59.3 Å². The summed E-state index contributed by atoms with van der Waals surface area (Å²) in [6.07, 6.45) is 6.64. The van der Waals surface area contributed by atoms with Crippen molar-refractivity contribution in [3.05, 3.63) is 81.8 Å². The van der Waals surface area contributed by atoms with Crippen molar-refractivity contribution in [3.63, 3.8) is 0 Å². The second-order valence-corrected chi connectivity index (χ2v) is 10.2. The summed E-state index contributed by atoms with van der Waals surface area (Å²) in [5, 5.41) is 5.21. The summed E-state index contributed by atoms with van der Waals surface area (Å²) < 4.78 is 0. The summed E-state index contributed by atoms with van der Waals surface area (Å²) in [5.74, 6) is 0.742. The van der Waals surface area contributed by atoms with Gasteiger partial charge in [-0.1, -0.05) is 55.7 Å². The molecule has 1 aliphatic carbocycles.